The van der Waals surface area contributed by atoms with Crippen molar-refractivity contribution in [3.8, 4) is 0 Å². The number of carboxylic acid groups (broad SMARTS) is 1. The van der Waals surface area contributed by atoms with E-state index in [-0.39, 0.29) is 24.3 Å². The molecule has 0 aromatic heterocycles. The van der Waals surface area contributed by atoms with Crippen LogP contribution >= 0.6 is 0 Å². The minimum absolute atomic E-state index is 0.0129. The highest BCUT2D eigenvalue weighted by Crippen LogP contribution is 2.37. The number of carbonyl (C=O) groups is 1. The zero-order valence-corrected chi connectivity index (χ0v) is 13.0. The molecule has 0 radical (unpaired) electrons. The molecule has 0 aromatic rings. The van der Waals surface area contributed by atoms with E-state index in [4.69, 9.17) is 24.9 Å². The molecule has 0 aliphatic carbocycles. The van der Waals surface area contributed by atoms with Gasteiger partial charge in [0.25, 0.3) is 0 Å². The molecule has 0 spiro atoms. The van der Waals surface area contributed by atoms with E-state index < -0.39 is 12.1 Å². The minimum Gasteiger partial charge on any atom is -0.475 e. The highest BCUT2D eigenvalue weighted by Gasteiger charge is 2.52. The standard InChI is InChI=1S/C10H22BNO2.C2HF3O2/c1-6-7-8(12)11-13-9(2,3)10(4,5)14-11;3-2(4,5)1(6)7/h8H,6-7,12H2,1-5H3;(H,6,7). The fraction of sp³-hybridized carbons (Fsp3) is 0.917. The Bertz CT molecular complexity index is 345. The van der Waals surface area contributed by atoms with Gasteiger partial charge in [0.1, 0.15) is 0 Å². The van der Waals surface area contributed by atoms with E-state index >= 15 is 0 Å². The second kappa shape index (κ2) is 6.98. The number of hydrogen-bond donors (Lipinski definition) is 2. The molecule has 0 bridgehead atoms. The number of nitrogens with two attached hydrogens (primary N) is 1. The van der Waals surface area contributed by atoms with Crippen molar-refractivity contribution < 1.29 is 32.4 Å². The molecule has 0 aromatic carbocycles. The van der Waals surface area contributed by atoms with Gasteiger partial charge in [0.05, 0.1) is 11.2 Å². The first-order valence-electron chi connectivity index (χ1n) is 6.66. The Morgan fingerprint density at radius 3 is 1.81 bits per heavy atom. The lowest BCUT2D eigenvalue weighted by molar-refractivity contribution is -0.192. The van der Waals surface area contributed by atoms with E-state index in [1.54, 1.807) is 0 Å². The fourth-order valence-corrected chi connectivity index (χ4v) is 1.53. The van der Waals surface area contributed by atoms with Gasteiger partial charge in [-0.05, 0) is 34.1 Å². The molecule has 1 saturated heterocycles. The third kappa shape index (κ3) is 5.84. The van der Waals surface area contributed by atoms with Crippen LogP contribution in [-0.4, -0.2) is 41.5 Å². The van der Waals surface area contributed by atoms with Crippen LogP contribution < -0.4 is 5.73 Å². The number of rotatable bonds is 3. The molecule has 3 N–H and O–H groups in total. The van der Waals surface area contributed by atoms with Crippen molar-refractivity contribution in [2.24, 2.45) is 5.73 Å². The summed E-state index contributed by atoms with van der Waals surface area (Å²) in [6, 6.07) is 0. The predicted molar refractivity (Wildman–Crippen MR) is 72.7 cm³/mol. The van der Waals surface area contributed by atoms with Gasteiger partial charge in [0.2, 0.25) is 0 Å². The van der Waals surface area contributed by atoms with Crippen molar-refractivity contribution in [3.05, 3.63) is 0 Å². The maximum Gasteiger partial charge on any atom is 0.490 e. The highest BCUT2D eigenvalue weighted by molar-refractivity contribution is 6.47. The molecule has 9 heteroatoms. The SMILES string of the molecule is CCCC(N)B1OC(C)(C)C(C)(C)O1.O=C(O)C(F)(F)F. The van der Waals surface area contributed by atoms with E-state index in [1.165, 1.54) is 0 Å². The molecule has 1 aliphatic rings. The van der Waals surface area contributed by atoms with Gasteiger partial charge in [0, 0.05) is 5.94 Å². The van der Waals surface area contributed by atoms with Crippen LogP contribution in [0.15, 0.2) is 0 Å². The number of halogens is 3. The molecule has 0 amide bonds. The Hall–Kier alpha value is -0.795. The number of aliphatic carboxylic acids is 1. The Morgan fingerprint density at radius 1 is 1.24 bits per heavy atom. The first-order valence-corrected chi connectivity index (χ1v) is 6.66. The van der Waals surface area contributed by atoms with Crippen LogP contribution in [0.1, 0.15) is 47.5 Å². The molecule has 124 valence electrons. The Balaban J connectivity index is 0.000000486. The van der Waals surface area contributed by atoms with Gasteiger partial charge in [-0.15, -0.1) is 0 Å². The van der Waals surface area contributed by atoms with Crippen LogP contribution in [0.3, 0.4) is 0 Å². The summed E-state index contributed by atoms with van der Waals surface area (Å²) in [4.78, 5) is 8.90. The van der Waals surface area contributed by atoms with Crippen molar-refractivity contribution >= 4 is 13.1 Å². The molecule has 1 fully saturated rings. The molecule has 1 atom stereocenters. The van der Waals surface area contributed by atoms with E-state index in [1.807, 2.05) is 27.7 Å². The summed E-state index contributed by atoms with van der Waals surface area (Å²) in [5, 5.41) is 7.12. The van der Waals surface area contributed by atoms with Crippen LogP contribution in [-0.2, 0) is 14.1 Å². The lowest BCUT2D eigenvalue weighted by Crippen LogP contribution is -2.41. The summed E-state index contributed by atoms with van der Waals surface area (Å²) in [6.07, 6.45) is -3.08. The van der Waals surface area contributed by atoms with E-state index in [9.17, 15) is 13.2 Å². The lowest BCUT2D eigenvalue weighted by atomic mass is 9.76. The van der Waals surface area contributed by atoms with Crippen molar-refractivity contribution in [3.63, 3.8) is 0 Å². The molecule has 1 aliphatic heterocycles. The summed E-state index contributed by atoms with van der Waals surface area (Å²) in [5.74, 6) is -2.77. The largest absolute Gasteiger partial charge is 0.490 e. The Labute approximate surface area is 123 Å². The maximum atomic E-state index is 10.6. The lowest BCUT2D eigenvalue weighted by Gasteiger charge is -2.32. The van der Waals surface area contributed by atoms with Crippen molar-refractivity contribution in [1.29, 1.82) is 0 Å². The Kier molecular flexibility index (Phi) is 6.71. The van der Waals surface area contributed by atoms with E-state index in [0.717, 1.165) is 12.8 Å². The van der Waals surface area contributed by atoms with Crippen LogP contribution in [0.25, 0.3) is 0 Å². The van der Waals surface area contributed by atoms with Crippen molar-refractivity contribution in [1.82, 2.24) is 0 Å². The molecule has 1 rings (SSSR count). The van der Waals surface area contributed by atoms with Gasteiger partial charge in [-0.25, -0.2) is 4.79 Å². The third-order valence-corrected chi connectivity index (χ3v) is 3.49. The van der Waals surface area contributed by atoms with Gasteiger partial charge >= 0.3 is 19.3 Å². The van der Waals surface area contributed by atoms with Gasteiger partial charge in [-0.1, -0.05) is 13.3 Å². The number of carboxylic acids is 1. The second-order valence-electron chi connectivity index (χ2n) is 5.88. The zero-order chi connectivity index (χ0) is 17.1. The maximum absolute atomic E-state index is 10.6. The summed E-state index contributed by atoms with van der Waals surface area (Å²) >= 11 is 0. The summed E-state index contributed by atoms with van der Waals surface area (Å²) < 4.78 is 43.4. The average molecular weight is 313 g/mol. The summed E-state index contributed by atoms with van der Waals surface area (Å²) in [7, 11) is -0.250. The molecular formula is C12H23BF3NO4. The quantitative estimate of drug-likeness (QED) is 0.782. The van der Waals surface area contributed by atoms with Gasteiger partial charge in [0.15, 0.2) is 0 Å². The van der Waals surface area contributed by atoms with Crippen LogP contribution in [0.2, 0.25) is 0 Å². The number of hydrogen-bond acceptors (Lipinski definition) is 4. The third-order valence-electron chi connectivity index (χ3n) is 3.49. The first-order chi connectivity index (χ1) is 9.24. The molecule has 21 heavy (non-hydrogen) atoms. The van der Waals surface area contributed by atoms with Gasteiger partial charge in [-0.2, -0.15) is 13.2 Å². The molecule has 1 unspecified atom stereocenters. The number of alkyl halides is 3. The topological polar surface area (TPSA) is 81.8 Å². The first kappa shape index (κ1) is 20.2. The second-order valence-corrected chi connectivity index (χ2v) is 5.88. The fourth-order valence-electron chi connectivity index (χ4n) is 1.53. The van der Waals surface area contributed by atoms with Gasteiger partial charge < -0.3 is 20.1 Å². The zero-order valence-electron chi connectivity index (χ0n) is 13.0. The van der Waals surface area contributed by atoms with Crippen LogP contribution in [0.4, 0.5) is 13.2 Å². The van der Waals surface area contributed by atoms with Crippen LogP contribution in [0, 0.1) is 0 Å². The normalized spacial score (nSPS) is 21.5. The molecule has 5 nitrogen and oxygen atoms in total. The smallest absolute Gasteiger partial charge is 0.475 e. The van der Waals surface area contributed by atoms with E-state index in [2.05, 4.69) is 6.92 Å². The molecule has 1 heterocycles. The monoisotopic (exact) mass is 313 g/mol. The Morgan fingerprint density at radius 2 is 1.57 bits per heavy atom. The summed E-state index contributed by atoms with van der Waals surface area (Å²) in [5.41, 5.74) is 5.46. The minimum atomic E-state index is -5.08. The van der Waals surface area contributed by atoms with Crippen molar-refractivity contribution in [2.75, 3.05) is 0 Å². The summed E-state index contributed by atoms with van der Waals surface area (Å²) in [6.45, 7) is 10.3. The molecular weight excluding hydrogens is 290 g/mol. The van der Waals surface area contributed by atoms with E-state index in [0.29, 0.717) is 0 Å². The molecule has 0 saturated carbocycles. The van der Waals surface area contributed by atoms with Gasteiger partial charge in [-0.3, -0.25) is 0 Å². The highest BCUT2D eigenvalue weighted by atomic mass is 19.4. The average Bonchev–Trinajstić information content (AvgIpc) is 2.48. The van der Waals surface area contributed by atoms with Crippen LogP contribution in [0.5, 0.6) is 0 Å². The van der Waals surface area contributed by atoms with Crippen molar-refractivity contribution in [2.45, 2.75) is 70.8 Å². The predicted octanol–water partition coefficient (Wildman–Crippen LogP) is 2.38.